The molecule has 0 atom stereocenters. The van der Waals surface area contributed by atoms with E-state index in [0.29, 0.717) is 16.4 Å². The van der Waals surface area contributed by atoms with Gasteiger partial charge in [0.25, 0.3) is 0 Å². The molecular weight excluding hydrogens is 340 g/mol. The van der Waals surface area contributed by atoms with Crippen LogP contribution in [0.4, 0.5) is 11.4 Å². The molecule has 0 spiro atoms. The average molecular weight is 361 g/mol. The lowest BCUT2D eigenvalue weighted by Crippen LogP contribution is -2.15. The quantitative estimate of drug-likeness (QED) is 0.806. The number of amides is 2. The highest BCUT2D eigenvalue weighted by Gasteiger charge is 2.08. The number of ether oxygens (including phenoxy) is 1. The summed E-state index contributed by atoms with van der Waals surface area (Å²) in [6.07, 6.45) is 0.221. The molecule has 0 bridgehead atoms. The van der Waals surface area contributed by atoms with Gasteiger partial charge in [0, 0.05) is 12.6 Å². The normalized spacial score (nSPS) is 10.2. The third-order valence-electron chi connectivity index (χ3n) is 3.71. The van der Waals surface area contributed by atoms with Crippen molar-refractivity contribution in [2.24, 2.45) is 0 Å². The van der Waals surface area contributed by atoms with Crippen LogP contribution in [0.5, 0.6) is 5.75 Å². The maximum absolute atomic E-state index is 12.0. The van der Waals surface area contributed by atoms with Crippen LogP contribution in [0.3, 0.4) is 0 Å². The largest absolute Gasteiger partial charge is 0.493 e. The summed E-state index contributed by atoms with van der Waals surface area (Å²) in [5.41, 5.74) is 3.29. The minimum absolute atomic E-state index is 0.173. The van der Waals surface area contributed by atoms with Crippen LogP contribution in [0.15, 0.2) is 36.4 Å². The molecule has 0 heterocycles. The molecular formula is C19H21ClN2O3. The first-order valence-electron chi connectivity index (χ1n) is 7.93. The van der Waals surface area contributed by atoms with Crippen molar-refractivity contribution in [3.05, 3.63) is 52.5 Å². The molecule has 0 aliphatic rings. The van der Waals surface area contributed by atoms with Gasteiger partial charge < -0.3 is 15.4 Å². The number of nitrogens with one attached hydrogen (secondary N) is 2. The maximum Gasteiger partial charge on any atom is 0.227 e. The van der Waals surface area contributed by atoms with E-state index in [1.807, 2.05) is 32.0 Å². The van der Waals surface area contributed by atoms with Gasteiger partial charge in [0.05, 0.1) is 23.7 Å². The Hall–Kier alpha value is -2.53. The highest BCUT2D eigenvalue weighted by atomic mass is 35.5. The minimum Gasteiger partial charge on any atom is -0.493 e. The molecule has 0 aromatic heterocycles. The zero-order valence-corrected chi connectivity index (χ0v) is 15.2. The Morgan fingerprint density at radius 2 is 1.88 bits per heavy atom. The number of aryl methyl sites for hydroxylation is 1. The molecule has 2 amide bonds. The van der Waals surface area contributed by atoms with Crippen LogP contribution in [-0.4, -0.2) is 18.4 Å². The Labute approximate surface area is 152 Å². The van der Waals surface area contributed by atoms with Gasteiger partial charge in [-0.1, -0.05) is 23.7 Å². The molecule has 6 heteroatoms. The number of carbonyl (C=O) groups excluding carboxylic acids is 2. The van der Waals surface area contributed by atoms with Crippen LogP contribution < -0.4 is 15.4 Å². The number of hydrogen-bond donors (Lipinski definition) is 2. The summed E-state index contributed by atoms with van der Waals surface area (Å²) < 4.78 is 5.68. The van der Waals surface area contributed by atoms with E-state index in [2.05, 4.69) is 10.6 Å². The molecule has 0 aliphatic carbocycles. The Bertz CT molecular complexity index is 790. The van der Waals surface area contributed by atoms with Crippen molar-refractivity contribution in [2.75, 3.05) is 17.2 Å². The molecule has 2 aromatic rings. The first-order valence-corrected chi connectivity index (χ1v) is 8.30. The summed E-state index contributed by atoms with van der Waals surface area (Å²) >= 11 is 6.08. The number of benzene rings is 2. The number of carbonyl (C=O) groups is 2. The predicted molar refractivity (Wildman–Crippen MR) is 100 cm³/mol. The maximum atomic E-state index is 12.0. The molecule has 0 radical (unpaired) electrons. The average Bonchev–Trinajstić information content (AvgIpc) is 2.54. The van der Waals surface area contributed by atoms with Gasteiger partial charge >= 0.3 is 0 Å². The molecule has 2 aromatic carbocycles. The Morgan fingerprint density at radius 3 is 2.56 bits per heavy atom. The molecule has 0 unspecified atom stereocenters. The smallest absolute Gasteiger partial charge is 0.227 e. The van der Waals surface area contributed by atoms with E-state index >= 15 is 0 Å². The minimum atomic E-state index is -0.206. The van der Waals surface area contributed by atoms with E-state index in [-0.39, 0.29) is 24.8 Å². The van der Waals surface area contributed by atoms with Crippen molar-refractivity contribution in [3.63, 3.8) is 0 Å². The second-order valence-corrected chi connectivity index (χ2v) is 6.13. The van der Waals surface area contributed by atoms with E-state index in [4.69, 9.17) is 16.3 Å². The number of halogens is 1. The lowest BCUT2D eigenvalue weighted by molar-refractivity contribution is -0.116. The Kier molecular flexibility index (Phi) is 6.42. The highest BCUT2D eigenvalue weighted by Crippen LogP contribution is 2.25. The topological polar surface area (TPSA) is 67.4 Å². The second kappa shape index (κ2) is 8.53. The van der Waals surface area contributed by atoms with Crippen molar-refractivity contribution < 1.29 is 14.3 Å². The highest BCUT2D eigenvalue weighted by molar-refractivity contribution is 6.34. The lowest BCUT2D eigenvalue weighted by Gasteiger charge is -2.11. The number of anilines is 2. The molecule has 25 heavy (non-hydrogen) atoms. The van der Waals surface area contributed by atoms with Crippen LogP contribution in [0.2, 0.25) is 5.02 Å². The number of rotatable bonds is 6. The van der Waals surface area contributed by atoms with Gasteiger partial charge in [0.15, 0.2) is 0 Å². The van der Waals surface area contributed by atoms with Gasteiger partial charge in [-0.3, -0.25) is 9.59 Å². The van der Waals surface area contributed by atoms with Crippen molar-refractivity contribution >= 4 is 34.8 Å². The van der Waals surface area contributed by atoms with Crippen LogP contribution >= 0.6 is 11.6 Å². The fourth-order valence-electron chi connectivity index (χ4n) is 2.24. The van der Waals surface area contributed by atoms with Crippen LogP contribution in [0.25, 0.3) is 0 Å². The molecule has 0 saturated heterocycles. The SMILES string of the molecule is CC(=O)Nc1ccc(NC(=O)CCOc2cccc(C)c2C)cc1Cl. The first-order chi connectivity index (χ1) is 11.9. The Balaban J connectivity index is 1.87. The molecule has 0 fully saturated rings. The van der Waals surface area contributed by atoms with E-state index in [9.17, 15) is 9.59 Å². The first kappa shape index (κ1) is 18.8. The van der Waals surface area contributed by atoms with Crippen molar-refractivity contribution in [1.29, 1.82) is 0 Å². The van der Waals surface area contributed by atoms with E-state index in [1.165, 1.54) is 6.92 Å². The molecule has 0 aliphatic heterocycles. The van der Waals surface area contributed by atoms with Crippen molar-refractivity contribution in [1.82, 2.24) is 0 Å². The fourth-order valence-corrected chi connectivity index (χ4v) is 2.47. The summed E-state index contributed by atoms with van der Waals surface area (Å²) in [6, 6.07) is 10.8. The monoisotopic (exact) mass is 360 g/mol. The molecule has 0 saturated carbocycles. The van der Waals surface area contributed by atoms with Gasteiger partial charge in [0.1, 0.15) is 5.75 Å². The van der Waals surface area contributed by atoms with E-state index in [0.717, 1.165) is 16.9 Å². The third-order valence-corrected chi connectivity index (χ3v) is 4.02. The van der Waals surface area contributed by atoms with Gasteiger partial charge in [-0.2, -0.15) is 0 Å². The zero-order chi connectivity index (χ0) is 18.4. The van der Waals surface area contributed by atoms with Crippen LogP contribution in [-0.2, 0) is 9.59 Å². The number of hydrogen-bond acceptors (Lipinski definition) is 3. The summed E-state index contributed by atoms with van der Waals surface area (Å²) in [7, 11) is 0. The van der Waals surface area contributed by atoms with Gasteiger partial charge in [-0.25, -0.2) is 0 Å². The summed E-state index contributed by atoms with van der Waals surface area (Å²) in [4.78, 5) is 23.1. The second-order valence-electron chi connectivity index (χ2n) is 5.72. The lowest BCUT2D eigenvalue weighted by atomic mass is 10.1. The third kappa shape index (κ3) is 5.50. The van der Waals surface area contributed by atoms with Gasteiger partial charge in [0.2, 0.25) is 11.8 Å². The summed E-state index contributed by atoms with van der Waals surface area (Å²) in [6.45, 7) is 5.70. The summed E-state index contributed by atoms with van der Waals surface area (Å²) in [5.74, 6) is 0.409. The van der Waals surface area contributed by atoms with Crippen molar-refractivity contribution in [2.45, 2.75) is 27.2 Å². The molecule has 132 valence electrons. The molecule has 2 rings (SSSR count). The van der Waals surface area contributed by atoms with E-state index in [1.54, 1.807) is 18.2 Å². The zero-order valence-electron chi connectivity index (χ0n) is 14.5. The van der Waals surface area contributed by atoms with Gasteiger partial charge in [-0.05, 0) is 49.2 Å². The summed E-state index contributed by atoms with van der Waals surface area (Å²) in [5, 5.41) is 5.73. The van der Waals surface area contributed by atoms with Crippen LogP contribution in [0.1, 0.15) is 24.5 Å². The van der Waals surface area contributed by atoms with Gasteiger partial charge in [-0.15, -0.1) is 0 Å². The van der Waals surface area contributed by atoms with Crippen molar-refractivity contribution in [3.8, 4) is 5.75 Å². The molecule has 5 nitrogen and oxygen atoms in total. The fraction of sp³-hybridized carbons (Fsp3) is 0.263. The van der Waals surface area contributed by atoms with E-state index < -0.39 is 0 Å². The predicted octanol–water partition coefficient (Wildman–Crippen LogP) is 4.32. The Morgan fingerprint density at radius 1 is 1.12 bits per heavy atom. The standard InChI is InChI=1S/C19H21ClN2O3/c1-12-5-4-6-18(13(12)2)25-10-9-19(24)22-15-7-8-17(16(20)11-15)21-14(3)23/h4-8,11H,9-10H2,1-3H3,(H,21,23)(H,22,24). The molecule has 2 N–H and O–H groups in total. The van der Waals surface area contributed by atoms with Crippen LogP contribution in [0, 0.1) is 13.8 Å².